The van der Waals surface area contributed by atoms with E-state index >= 15 is 0 Å². The van der Waals surface area contributed by atoms with E-state index in [0.717, 1.165) is 10.8 Å². The molecule has 3 aromatic rings. The Hall–Kier alpha value is -3.10. The number of rotatable bonds is 4. The molecule has 1 atom stereocenters. The lowest BCUT2D eigenvalue weighted by molar-refractivity contribution is -0.120. The second kappa shape index (κ2) is 7.86. The summed E-state index contributed by atoms with van der Waals surface area (Å²) in [4.78, 5) is 13.1. The van der Waals surface area contributed by atoms with E-state index in [9.17, 15) is 13.2 Å². The van der Waals surface area contributed by atoms with Crippen LogP contribution in [0.5, 0.6) is 11.5 Å². The van der Waals surface area contributed by atoms with Crippen LogP contribution >= 0.6 is 0 Å². The molecule has 0 radical (unpaired) electrons. The quantitative estimate of drug-likeness (QED) is 0.673. The van der Waals surface area contributed by atoms with Gasteiger partial charge in [-0.05, 0) is 47.9 Å². The molecule has 1 saturated heterocycles. The molecule has 31 heavy (non-hydrogen) atoms. The Labute approximate surface area is 180 Å². The zero-order valence-electron chi connectivity index (χ0n) is 16.8. The van der Waals surface area contributed by atoms with Crippen LogP contribution in [0.4, 0.5) is 5.69 Å². The first-order valence-electron chi connectivity index (χ1n) is 10.2. The van der Waals surface area contributed by atoms with Gasteiger partial charge in [-0.2, -0.15) is 4.31 Å². The van der Waals surface area contributed by atoms with Gasteiger partial charge < -0.3 is 14.8 Å². The number of carbonyl (C=O) groups excluding carboxylic acids is 1. The molecule has 1 amide bonds. The third-order valence-electron chi connectivity index (χ3n) is 5.75. The van der Waals surface area contributed by atoms with E-state index in [4.69, 9.17) is 9.47 Å². The number of amides is 1. The van der Waals surface area contributed by atoms with Crippen molar-refractivity contribution in [2.45, 2.75) is 17.7 Å². The zero-order chi connectivity index (χ0) is 21.4. The summed E-state index contributed by atoms with van der Waals surface area (Å²) < 4.78 is 38.6. The number of piperidine rings is 1. The van der Waals surface area contributed by atoms with Crippen molar-refractivity contribution in [3.8, 4) is 11.5 Å². The molecule has 5 rings (SSSR count). The van der Waals surface area contributed by atoms with Gasteiger partial charge in [0.2, 0.25) is 22.7 Å². The average Bonchev–Trinajstić information content (AvgIpc) is 3.27. The van der Waals surface area contributed by atoms with Crippen LogP contribution in [0.3, 0.4) is 0 Å². The van der Waals surface area contributed by atoms with Gasteiger partial charge >= 0.3 is 0 Å². The number of fused-ring (bicyclic) bond motifs is 2. The highest BCUT2D eigenvalue weighted by molar-refractivity contribution is 7.89. The maximum atomic E-state index is 13.2. The van der Waals surface area contributed by atoms with Crippen molar-refractivity contribution in [3.05, 3.63) is 60.7 Å². The summed E-state index contributed by atoms with van der Waals surface area (Å²) in [6, 6.07) is 18.0. The molecule has 0 unspecified atom stereocenters. The minimum absolute atomic E-state index is 0.158. The van der Waals surface area contributed by atoms with E-state index < -0.39 is 15.9 Å². The fourth-order valence-electron chi connectivity index (χ4n) is 4.07. The standard InChI is InChI=1S/C23H22N2O5S/c26-23(24-19-8-10-21-22(13-19)30-15-29-21)18-6-3-11-25(14-18)31(27,28)20-9-7-16-4-1-2-5-17(16)12-20/h1-2,4-5,7-10,12-13,18H,3,6,11,14-15H2,(H,24,26)/t18-/m0/s1. The Kier molecular flexibility index (Phi) is 5.03. The fourth-order valence-corrected chi connectivity index (χ4v) is 5.63. The fraction of sp³-hybridized carbons (Fsp3) is 0.261. The van der Waals surface area contributed by atoms with Gasteiger partial charge in [-0.15, -0.1) is 0 Å². The molecule has 2 heterocycles. The van der Waals surface area contributed by atoms with Crippen molar-refractivity contribution in [2.75, 3.05) is 25.2 Å². The largest absolute Gasteiger partial charge is 0.454 e. The number of hydrogen-bond acceptors (Lipinski definition) is 5. The Morgan fingerprint density at radius 1 is 0.968 bits per heavy atom. The minimum Gasteiger partial charge on any atom is -0.454 e. The Balaban J connectivity index is 1.32. The van der Waals surface area contributed by atoms with Crippen molar-refractivity contribution >= 4 is 32.4 Å². The normalized spacial score (nSPS) is 18.8. The number of nitrogens with one attached hydrogen (secondary N) is 1. The minimum atomic E-state index is -3.68. The lowest BCUT2D eigenvalue weighted by Gasteiger charge is -2.31. The summed E-state index contributed by atoms with van der Waals surface area (Å²) in [6.45, 7) is 0.728. The number of nitrogens with zero attached hydrogens (tertiary/aromatic N) is 1. The first kappa shape index (κ1) is 19.8. The van der Waals surface area contributed by atoms with Crippen LogP contribution in [0, 0.1) is 5.92 Å². The number of sulfonamides is 1. The Morgan fingerprint density at radius 3 is 2.65 bits per heavy atom. The third-order valence-corrected chi connectivity index (χ3v) is 7.61. The zero-order valence-corrected chi connectivity index (χ0v) is 17.6. The molecule has 1 N–H and O–H groups in total. The number of anilines is 1. The predicted octanol–water partition coefficient (Wildman–Crippen LogP) is 3.61. The molecule has 3 aromatic carbocycles. The summed E-state index contributed by atoms with van der Waals surface area (Å²) >= 11 is 0. The van der Waals surface area contributed by atoms with Gasteiger partial charge in [0.05, 0.1) is 10.8 Å². The van der Waals surface area contributed by atoms with Gasteiger partial charge in [0, 0.05) is 24.8 Å². The van der Waals surface area contributed by atoms with Crippen LogP contribution < -0.4 is 14.8 Å². The predicted molar refractivity (Wildman–Crippen MR) is 117 cm³/mol. The molecule has 0 saturated carbocycles. The van der Waals surface area contributed by atoms with Crippen LogP contribution in [-0.4, -0.2) is 38.5 Å². The average molecular weight is 439 g/mol. The van der Waals surface area contributed by atoms with E-state index in [2.05, 4.69) is 5.32 Å². The van der Waals surface area contributed by atoms with Crippen LogP contribution in [-0.2, 0) is 14.8 Å². The molecule has 2 aliphatic rings. The van der Waals surface area contributed by atoms with Gasteiger partial charge in [0.1, 0.15) is 0 Å². The topological polar surface area (TPSA) is 84.9 Å². The lowest BCUT2D eigenvalue weighted by Crippen LogP contribution is -2.43. The Bertz CT molecular complexity index is 1260. The summed E-state index contributed by atoms with van der Waals surface area (Å²) in [5.41, 5.74) is 0.601. The van der Waals surface area contributed by atoms with Crippen molar-refractivity contribution in [3.63, 3.8) is 0 Å². The maximum absolute atomic E-state index is 13.2. The summed E-state index contributed by atoms with van der Waals surface area (Å²) in [5.74, 6) is 0.608. The molecular formula is C23H22N2O5S. The van der Waals surface area contributed by atoms with Crippen molar-refractivity contribution < 1.29 is 22.7 Å². The highest BCUT2D eigenvalue weighted by Crippen LogP contribution is 2.34. The van der Waals surface area contributed by atoms with E-state index in [1.54, 1.807) is 30.3 Å². The van der Waals surface area contributed by atoms with Crippen LogP contribution in [0.1, 0.15) is 12.8 Å². The molecule has 2 aliphatic heterocycles. The number of benzene rings is 3. The molecular weight excluding hydrogens is 416 g/mol. The number of hydrogen-bond donors (Lipinski definition) is 1. The number of ether oxygens (including phenoxy) is 2. The van der Waals surface area contributed by atoms with E-state index in [1.165, 1.54) is 4.31 Å². The van der Waals surface area contributed by atoms with Crippen LogP contribution in [0.2, 0.25) is 0 Å². The summed E-state index contributed by atoms with van der Waals surface area (Å²) in [5, 5.41) is 4.74. The first-order chi connectivity index (χ1) is 15.0. The van der Waals surface area contributed by atoms with E-state index in [-0.39, 0.29) is 24.1 Å². The molecule has 0 bridgehead atoms. The van der Waals surface area contributed by atoms with Gasteiger partial charge in [-0.3, -0.25) is 4.79 Å². The second-order valence-electron chi connectivity index (χ2n) is 7.77. The number of carbonyl (C=O) groups is 1. The molecule has 0 aliphatic carbocycles. The maximum Gasteiger partial charge on any atom is 0.243 e. The Morgan fingerprint density at radius 2 is 1.77 bits per heavy atom. The van der Waals surface area contributed by atoms with Gasteiger partial charge in [0.25, 0.3) is 0 Å². The molecule has 0 spiro atoms. The van der Waals surface area contributed by atoms with E-state index in [1.807, 2.05) is 30.3 Å². The molecule has 160 valence electrons. The van der Waals surface area contributed by atoms with E-state index in [0.29, 0.717) is 36.6 Å². The van der Waals surface area contributed by atoms with Gasteiger partial charge in [-0.1, -0.05) is 30.3 Å². The summed E-state index contributed by atoms with van der Waals surface area (Å²) in [7, 11) is -3.68. The van der Waals surface area contributed by atoms with Crippen LogP contribution in [0.15, 0.2) is 65.6 Å². The smallest absolute Gasteiger partial charge is 0.243 e. The molecule has 0 aromatic heterocycles. The van der Waals surface area contributed by atoms with Gasteiger partial charge in [0.15, 0.2) is 11.5 Å². The highest BCUT2D eigenvalue weighted by Gasteiger charge is 2.33. The van der Waals surface area contributed by atoms with Crippen molar-refractivity contribution in [2.24, 2.45) is 5.92 Å². The highest BCUT2D eigenvalue weighted by atomic mass is 32.2. The molecule has 7 nitrogen and oxygen atoms in total. The molecule has 1 fully saturated rings. The van der Waals surface area contributed by atoms with Crippen LogP contribution in [0.25, 0.3) is 10.8 Å². The van der Waals surface area contributed by atoms with Crippen molar-refractivity contribution in [1.29, 1.82) is 0 Å². The second-order valence-corrected chi connectivity index (χ2v) is 9.71. The van der Waals surface area contributed by atoms with Crippen molar-refractivity contribution in [1.82, 2.24) is 4.31 Å². The SMILES string of the molecule is O=C(Nc1ccc2c(c1)OCO2)[C@H]1CCCN(S(=O)(=O)c2ccc3ccccc3c2)C1. The molecule has 8 heteroatoms. The third kappa shape index (κ3) is 3.84. The summed E-state index contributed by atoms with van der Waals surface area (Å²) in [6.07, 6.45) is 1.27. The monoisotopic (exact) mass is 438 g/mol. The lowest BCUT2D eigenvalue weighted by atomic mass is 9.98. The first-order valence-corrected chi connectivity index (χ1v) is 11.6. The van der Waals surface area contributed by atoms with Gasteiger partial charge in [-0.25, -0.2) is 8.42 Å².